The Morgan fingerprint density at radius 3 is 2.43 bits per heavy atom. The Morgan fingerprint density at radius 2 is 1.74 bits per heavy atom. The first-order chi connectivity index (χ1) is 10.8. The zero-order valence-electron chi connectivity index (χ0n) is 11.4. The second-order valence-corrected chi connectivity index (χ2v) is 4.95. The normalized spacial score (nSPS) is 11.8. The molecule has 0 fully saturated rings. The summed E-state index contributed by atoms with van der Waals surface area (Å²) in [6.45, 7) is 0. The lowest BCUT2D eigenvalue weighted by Crippen LogP contribution is -2.09. The Kier molecular flexibility index (Phi) is 3.35. The lowest BCUT2D eigenvalue weighted by molar-refractivity contribution is -0.137. The molecular weight excluding hydrogens is 314 g/mol. The molecule has 0 saturated carbocycles. The molecule has 1 aromatic heterocycles. The van der Waals surface area contributed by atoms with Gasteiger partial charge < -0.3 is 10.1 Å². The maximum Gasteiger partial charge on any atom is 0.416 e. The predicted molar refractivity (Wildman–Crippen MR) is 76.6 cm³/mol. The van der Waals surface area contributed by atoms with Crippen molar-refractivity contribution < 1.29 is 22.7 Å². The minimum absolute atomic E-state index is 0.000602. The Labute approximate surface area is 126 Å². The molecule has 3 nitrogen and oxygen atoms in total. The van der Waals surface area contributed by atoms with Crippen molar-refractivity contribution in [3.05, 3.63) is 64.2 Å². The molecule has 2 N–H and O–H groups in total. The predicted octanol–water partition coefficient (Wildman–Crippen LogP) is 4.06. The fourth-order valence-electron chi connectivity index (χ4n) is 2.35. The molecule has 0 aliphatic heterocycles. The van der Waals surface area contributed by atoms with E-state index in [2.05, 4.69) is 4.98 Å². The maximum atomic E-state index is 13.2. The smallest absolute Gasteiger partial charge is 0.416 e. The van der Waals surface area contributed by atoms with Crippen LogP contribution in [0.4, 0.5) is 17.6 Å². The second kappa shape index (κ2) is 5.12. The average molecular weight is 323 g/mol. The molecule has 118 valence electrons. The molecule has 0 aliphatic rings. The third kappa shape index (κ3) is 2.65. The summed E-state index contributed by atoms with van der Waals surface area (Å²) >= 11 is 0. The van der Waals surface area contributed by atoms with Gasteiger partial charge in [0.25, 0.3) is 5.56 Å². The number of aromatic amines is 1. The highest BCUT2D eigenvalue weighted by Crippen LogP contribution is 2.36. The SMILES string of the molecule is O=c1[nH]c(-c2cccc(C(F)(F)F)c2)c(O)c2ccc(F)cc12. The molecular formula is C16H9F4NO2. The summed E-state index contributed by atoms with van der Waals surface area (Å²) in [7, 11) is 0. The molecule has 2 aromatic carbocycles. The molecule has 0 saturated heterocycles. The third-order valence-corrected chi connectivity index (χ3v) is 3.44. The van der Waals surface area contributed by atoms with Crippen LogP contribution < -0.4 is 5.56 Å². The third-order valence-electron chi connectivity index (χ3n) is 3.44. The summed E-state index contributed by atoms with van der Waals surface area (Å²) in [6.07, 6.45) is -4.55. The molecule has 1 heterocycles. The van der Waals surface area contributed by atoms with Crippen LogP contribution in [0.15, 0.2) is 47.3 Å². The molecule has 0 aliphatic carbocycles. The Bertz CT molecular complexity index is 960. The molecule has 0 atom stereocenters. The van der Waals surface area contributed by atoms with Crippen LogP contribution in [-0.4, -0.2) is 10.1 Å². The quantitative estimate of drug-likeness (QED) is 0.664. The zero-order chi connectivity index (χ0) is 16.8. The van der Waals surface area contributed by atoms with Crippen LogP contribution in [0.1, 0.15) is 5.56 Å². The van der Waals surface area contributed by atoms with E-state index in [-0.39, 0.29) is 22.0 Å². The van der Waals surface area contributed by atoms with Crippen molar-refractivity contribution in [1.82, 2.24) is 4.98 Å². The number of nitrogens with one attached hydrogen (secondary N) is 1. The first-order valence-corrected chi connectivity index (χ1v) is 6.49. The van der Waals surface area contributed by atoms with Gasteiger partial charge in [-0.1, -0.05) is 12.1 Å². The number of hydrogen-bond acceptors (Lipinski definition) is 2. The molecule has 23 heavy (non-hydrogen) atoms. The van der Waals surface area contributed by atoms with Gasteiger partial charge in [0.1, 0.15) is 11.6 Å². The van der Waals surface area contributed by atoms with E-state index in [1.165, 1.54) is 18.2 Å². The number of pyridine rings is 1. The molecule has 7 heteroatoms. The van der Waals surface area contributed by atoms with Gasteiger partial charge in [-0.05, 0) is 30.3 Å². The first kappa shape index (κ1) is 15.1. The number of alkyl halides is 3. The average Bonchev–Trinajstić information content (AvgIpc) is 2.50. The van der Waals surface area contributed by atoms with Gasteiger partial charge in [0.2, 0.25) is 0 Å². The highest BCUT2D eigenvalue weighted by atomic mass is 19.4. The number of hydrogen-bond donors (Lipinski definition) is 2. The summed E-state index contributed by atoms with van der Waals surface area (Å²) in [5.74, 6) is -1.08. The zero-order valence-corrected chi connectivity index (χ0v) is 11.4. The molecule has 0 amide bonds. The Hall–Kier alpha value is -2.83. The molecule has 0 radical (unpaired) electrons. The van der Waals surface area contributed by atoms with E-state index in [4.69, 9.17) is 0 Å². The molecule has 0 bridgehead atoms. The van der Waals surface area contributed by atoms with Gasteiger partial charge in [-0.2, -0.15) is 13.2 Å². The minimum atomic E-state index is -4.55. The van der Waals surface area contributed by atoms with Gasteiger partial charge in [-0.25, -0.2) is 4.39 Å². The van der Waals surface area contributed by atoms with Crippen LogP contribution in [0.5, 0.6) is 5.75 Å². The Balaban J connectivity index is 2.28. The number of rotatable bonds is 1. The monoisotopic (exact) mass is 323 g/mol. The van der Waals surface area contributed by atoms with E-state index >= 15 is 0 Å². The van der Waals surface area contributed by atoms with Gasteiger partial charge in [0.15, 0.2) is 0 Å². The van der Waals surface area contributed by atoms with Crippen LogP contribution in [0.3, 0.4) is 0 Å². The van der Waals surface area contributed by atoms with Crippen molar-refractivity contribution in [3.8, 4) is 17.0 Å². The van der Waals surface area contributed by atoms with Gasteiger partial charge >= 0.3 is 6.18 Å². The minimum Gasteiger partial charge on any atom is -0.505 e. The van der Waals surface area contributed by atoms with Gasteiger partial charge in [-0.3, -0.25) is 4.79 Å². The number of benzene rings is 2. The van der Waals surface area contributed by atoms with Crippen molar-refractivity contribution in [1.29, 1.82) is 0 Å². The van der Waals surface area contributed by atoms with E-state index < -0.39 is 28.9 Å². The summed E-state index contributed by atoms with van der Waals surface area (Å²) in [4.78, 5) is 14.3. The lowest BCUT2D eigenvalue weighted by atomic mass is 10.0. The number of aromatic nitrogens is 1. The van der Waals surface area contributed by atoms with E-state index in [9.17, 15) is 27.5 Å². The van der Waals surface area contributed by atoms with Crippen molar-refractivity contribution in [3.63, 3.8) is 0 Å². The first-order valence-electron chi connectivity index (χ1n) is 6.49. The van der Waals surface area contributed by atoms with Crippen molar-refractivity contribution in [2.75, 3.05) is 0 Å². The van der Waals surface area contributed by atoms with Gasteiger partial charge in [0.05, 0.1) is 16.6 Å². The topological polar surface area (TPSA) is 53.1 Å². The highest BCUT2D eigenvalue weighted by molar-refractivity contribution is 5.92. The number of aromatic hydroxyl groups is 1. The largest absolute Gasteiger partial charge is 0.505 e. The highest BCUT2D eigenvalue weighted by Gasteiger charge is 2.30. The van der Waals surface area contributed by atoms with Crippen LogP contribution in [0, 0.1) is 5.82 Å². The van der Waals surface area contributed by atoms with Crippen LogP contribution in [-0.2, 0) is 6.18 Å². The van der Waals surface area contributed by atoms with Gasteiger partial charge in [0, 0.05) is 10.9 Å². The number of fused-ring (bicyclic) bond motifs is 1. The fraction of sp³-hybridized carbons (Fsp3) is 0.0625. The second-order valence-electron chi connectivity index (χ2n) is 4.95. The summed E-state index contributed by atoms with van der Waals surface area (Å²) in [5, 5.41) is 10.2. The Morgan fingerprint density at radius 1 is 1.00 bits per heavy atom. The van der Waals surface area contributed by atoms with E-state index in [0.717, 1.165) is 24.3 Å². The molecule has 0 spiro atoms. The van der Waals surface area contributed by atoms with Gasteiger partial charge in [-0.15, -0.1) is 0 Å². The molecule has 3 rings (SSSR count). The summed E-state index contributed by atoms with van der Waals surface area (Å²) in [5.41, 5.74) is -1.76. The van der Waals surface area contributed by atoms with Crippen molar-refractivity contribution >= 4 is 10.8 Å². The molecule has 0 unspecified atom stereocenters. The van der Waals surface area contributed by atoms with E-state index in [1.54, 1.807) is 0 Å². The number of H-pyrrole nitrogens is 1. The standard InChI is InChI=1S/C16H9F4NO2/c17-10-4-5-11-12(7-10)15(23)21-13(14(11)22)8-2-1-3-9(6-8)16(18,19)20/h1-7,22H,(H,21,23). The van der Waals surface area contributed by atoms with Crippen molar-refractivity contribution in [2.24, 2.45) is 0 Å². The fourth-order valence-corrected chi connectivity index (χ4v) is 2.35. The lowest BCUT2D eigenvalue weighted by Gasteiger charge is -2.11. The summed E-state index contributed by atoms with van der Waals surface area (Å²) < 4.78 is 51.6. The van der Waals surface area contributed by atoms with E-state index in [1.807, 2.05) is 0 Å². The van der Waals surface area contributed by atoms with Crippen LogP contribution in [0.2, 0.25) is 0 Å². The molecule has 3 aromatic rings. The van der Waals surface area contributed by atoms with Crippen molar-refractivity contribution in [2.45, 2.75) is 6.18 Å². The van der Waals surface area contributed by atoms with E-state index in [0.29, 0.717) is 0 Å². The number of halogens is 4. The van der Waals surface area contributed by atoms with Crippen LogP contribution in [0.25, 0.3) is 22.0 Å². The maximum absolute atomic E-state index is 13.2. The van der Waals surface area contributed by atoms with Crippen LogP contribution >= 0.6 is 0 Å². The summed E-state index contributed by atoms with van der Waals surface area (Å²) in [6, 6.07) is 7.41.